The van der Waals surface area contributed by atoms with Crippen LogP contribution in [-0.2, 0) is 0 Å². The van der Waals surface area contributed by atoms with E-state index in [1.807, 2.05) is 0 Å². The summed E-state index contributed by atoms with van der Waals surface area (Å²) in [5.74, 6) is 1.60. The molecule has 0 spiro atoms. The van der Waals surface area contributed by atoms with Crippen LogP contribution in [0.5, 0.6) is 0 Å². The van der Waals surface area contributed by atoms with Crippen LogP contribution in [0.1, 0.15) is 12.8 Å². The van der Waals surface area contributed by atoms with Crippen molar-refractivity contribution in [3.05, 3.63) is 36.5 Å². The summed E-state index contributed by atoms with van der Waals surface area (Å²) in [7, 11) is 0. The van der Waals surface area contributed by atoms with Gasteiger partial charge in [0.05, 0.1) is 0 Å². The average molecular weight is 132 g/mol. The molecule has 0 heterocycles. The Morgan fingerprint density at radius 2 is 1.30 bits per heavy atom. The Balaban J connectivity index is 2.19. The van der Waals surface area contributed by atoms with Crippen LogP contribution < -0.4 is 0 Å². The Kier molecular flexibility index (Phi) is 1.46. The van der Waals surface area contributed by atoms with Crippen LogP contribution in [0.2, 0.25) is 0 Å². The number of fused-ring (bicyclic) bond motifs is 1. The van der Waals surface area contributed by atoms with Crippen molar-refractivity contribution in [2.24, 2.45) is 11.8 Å². The molecule has 0 radical (unpaired) electrons. The standard InChI is InChI=1S/C10H12/c1-2-6-10-8-4-3-7-9(10)5-1/h1-6,9-10H,7-8H2/t9-,10?/m1/s1. The quantitative estimate of drug-likeness (QED) is 0.444. The molecular formula is C10H12. The topological polar surface area (TPSA) is 0 Å². The highest BCUT2D eigenvalue weighted by atomic mass is 14.2. The van der Waals surface area contributed by atoms with E-state index in [0.29, 0.717) is 0 Å². The lowest BCUT2D eigenvalue weighted by atomic mass is 9.81. The third kappa shape index (κ3) is 0.942. The van der Waals surface area contributed by atoms with E-state index in [4.69, 9.17) is 0 Å². The van der Waals surface area contributed by atoms with Gasteiger partial charge in [0.2, 0.25) is 0 Å². The third-order valence-corrected chi connectivity index (χ3v) is 2.36. The van der Waals surface area contributed by atoms with Gasteiger partial charge in [-0.3, -0.25) is 0 Å². The Morgan fingerprint density at radius 1 is 0.800 bits per heavy atom. The highest BCUT2D eigenvalue weighted by Crippen LogP contribution is 2.29. The van der Waals surface area contributed by atoms with E-state index in [2.05, 4.69) is 36.5 Å². The van der Waals surface area contributed by atoms with Crippen LogP contribution in [-0.4, -0.2) is 0 Å². The van der Waals surface area contributed by atoms with Crippen LogP contribution >= 0.6 is 0 Å². The van der Waals surface area contributed by atoms with E-state index >= 15 is 0 Å². The Morgan fingerprint density at radius 3 is 1.80 bits per heavy atom. The van der Waals surface area contributed by atoms with E-state index < -0.39 is 0 Å². The summed E-state index contributed by atoms with van der Waals surface area (Å²) in [5, 5.41) is 0. The first-order valence-corrected chi connectivity index (χ1v) is 3.97. The largest absolute Gasteiger partial charge is 0.0879 e. The second kappa shape index (κ2) is 2.45. The first-order valence-electron chi connectivity index (χ1n) is 3.97. The summed E-state index contributed by atoms with van der Waals surface area (Å²) in [6.07, 6.45) is 16.1. The van der Waals surface area contributed by atoms with Gasteiger partial charge in [0.1, 0.15) is 0 Å². The summed E-state index contributed by atoms with van der Waals surface area (Å²) in [6, 6.07) is 0. The van der Waals surface area contributed by atoms with Gasteiger partial charge in [-0.25, -0.2) is 0 Å². The summed E-state index contributed by atoms with van der Waals surface area (Å²) in [4.78, 5) is 0. The molecule has 0 saturated carbocycles. The van der Waals surface area contributed by atoms with Crippen LogP contribution in [0.3, 0.4) is 0 Å². The lowest BCUT2D eigenvalue weighted by Crippen LogP contribution is -2.13. The molecule has 0 aliphatic heterocycles. The lowest BCUT2D eigenvalue weighted by Gasteiger charge is -2.24. The third-order valence-electron chi connectivity index (χ3n) is 2.36. The van der Waals surface area contributed by atoms with Gasteiger partial charge in [0.15, 0.2) is 0 Å². The fourth-order valence-corrected chi connectivity index (χ4v) is 1.71. The SMILES string of the molecule is C1=CC2CC=CC[C@H]2C=C1. The molecular weight excluding hydrogens is 120 g/mol. The minimum Gasteiger partial charge on any atom is -0.0879 e. The van der Waals surface area contributed by atoms with Crippen LogP contribution in [0.15, 0.2) is 36.5 Å². The summed E-state index contributed by atoms with van der Waals surface area (Å²) in [5.41, 5.74) is 0. The van der Waals surface area contributed by atoms with E-state index in [9.17, 15) is 0 Å². The van der Waals surface area contributed by atoms with Gasteiger partial charge in [0, 0.05) is 0 Å². The van der Waals surface area contributed by atoms with E-state index in [0.717, 1.165) is 11.8 Å². The van der Waals surface area contributed by atoms with Gasteiger partial charge in [-0.15, -0.1) is 0 Å². The molecule has 2 rings (SSSR count). The summed E-state index contributed by atoms with van der Waals surface area (Å²) in [6.45, 7) is 0. The Labute approximate surface area is 61.9 Å². The van der Waals surface area contributed by atoms with Crippen LogP contribution in [0, 0.1) is 11.8 Å². The normalized spacial score (nSPS) is 36.0. The van der Waals surface area contributed by atoms with Crippen molar-refractivity contribution in [2.45, 2.75) is 12.8 Å². The van der Waals surface area contributed by atoms with Gasteiger partial charge in [-0.05, 0) is 24.7 Å². The predicted octanol–water partition coefficient (Wildman–Crippen LogP) is 2.69. The zero-order chi connectivity index (χ0) is 6.81. The maximum absolute atomic E-state index is 2.33. The molecule has 0 bridgehead atoms. The second-order valence-corrected chi connectivity index (χ2v) is 3.04. The van der Waals surface area contributed by atoms with Gasteiger partial charge in [-0.1, -0.05) is 36.5 Å². The summed E-state index contributed by atoms with van der Waals surface area (Å²) >= 11 is 0. The fraction of sp³-hybridized carbons (Fsp3) is 0.400. The predicted molar refractivity (Wildman–Crippen MR) is 43.6 cm³/mol. The van der Waals surface area contributed by atoms with Crippen molar-refractivity contribution in [3.63, 3.8) is 0 Å². The molecule has 0 amide bonds. The molecule has 2 atom stereocenters. The van der Waals surface area contributed by atoms with Crippen LogP contribution in [0.4, 0.5) is 0 Å². The van der Waals surface area contributed by atoms with Gasteiger partial charge >= 0.3 is 0 Å². The first kappa shape index (κ1) is 5.96. The molecule has 0 saturated heterocycles. The van der Waals surface area contributed by atoms with E-state index in [1.165, 1.54) is 12.8 Å². The molecule has 52 valence electrons. The number of hydrogen-bond acceptors (Lipinski definition) is 0. The molecule has 10 heavy (non-hydrogen) atoms. The van der Waals surface area contributed by atoms with Crippen molar-refractivity contribution in [1.82, 2.24) is 0 Å². The molecule has 0 aromatic heterocycles. The monoisotopic (exact) mass is 132 g/mol. The maximum atomic E-state index is 2.33. The van der Waals surface area contributed by atoms with Crippen molar-refractivity contribution in [3.8, 4) is 0 Å². The molecule has 0 nitrogen and oxygen atoms in total. The minimum atomic E-state index is 0.801. The number of hydrogen-bond donors (Lipinski definition) is 0. The highest BCUT2D eigenvalue weighted by Gasteiger charge is 2.18. The molecule has 0 N–H and O–H groups in total. The lowest BCUT2D eigenvalue weighted by molar-refractivity contribution is 0.460. The van der Waals surface area contributed by atoms with E-state index in [1.54, 1.807) is 0 Å². The van der Waals surface area contributed by atoms with Crippen molar-refractivity contribution in [1.29, 1.82) is 0 Å². The smallest absolute Gasteiger partial charge is 0.0130 e. The molecule has 2 aliphatic carbocycles. The molecule has 0 aromatic carbocycles. The second-order valence-electron chi connectivity index (χ2n) is 3.04. The molecule has 0 aromatic rings. The van der Waals surface area contributed by atoms with Gasteiger partial charge in [0.25, 0.3) is 0 Å². The zero-order valence-corrected chi connectivity index (χ0v) is 6.03. The van der Waals surface area contributed by atoms with Crippen molar-refractivity contribution in [2.75, 3.05) is 0 Å². The van der Waals surface area contributed by atoms with Gasteiger partial charge in [-0.2, -0.15) is 0 Å². The number of allylic oxidation sites excluding steroid dienone is 6. The maximum Gasteiger partial charge on any atom is -0.0130 e. The zero-order valence-electron chi connectivity index (χ0n) is 6.03. The summed E-state index contributed by atoms with van der Waals surface area (Å²) < 4.78 is 0. The fourth-order valence-electron chi connectivity index (χ4n) is 1.71. The Hall–Kier alpha value is -0.780. The van der Waals surface area contributed by atoms with Crippen molar-refractivity contribution < 1.29 is 0 Å². The highest BCUT2D eigenvalue weighted by molar-refractivity contribution is 5.18. The van der Waals surface area contributed by atoms with Gasteiger partial charge < -0.3 is 0 Å². The molecule has 0 fully saturated rings. The first-order chi connectivity index (χ1) is 4.97. The molecule has 2 aliphatic rings. The van der Waals surface area contributed by atoms with Crippen LogP contribution in [0.25, 0.3) is 0 Å². The average Bonchev–Trinajstić information content (AvgIpc) is 2.05. The number of rotatable bonds is 0. The molecule has 0 heteroatoms. The minimum absolute atomic E-state index is 0.801. The van der Waals surface area contributed by atoms with Crippen molar-refractivity contribution >= 4 is 0 Å². The van der Waals surface area contributed by atoms with E-state index in [-0.39, 0.29) is 0 Å². The molecule has 1 unspecified atom stereocenters. The Bertz CT molecular complexity index is 174.